The Labute approximate surface area is 193 Å². The Morgan fingerprint density at radius 2 is 2.03 bits per heavy atom. The Balaban J connectivity index is 0.00000245. The first-order valence-electron chi connectivity index (χ1n) is 10.6. The molecule has 3 aromatic heterocycles. The van der Waals surface area contributed by atoms with Crippen molar-refractivity contribution in [2.24, 2.45) is 23.5 Å². The number of ether oxygens (including phenoxy) is 1. The van der Waals surface area contributed by atoms with Gasteiger partial charge in [0.15, 0.2) is 0 Å². The molecule has 4 heterocycles. The number of aliphatic hydroxyl groups is 1. The van der Waals surface area contributed by atoms with Gasteiger partial charge in [0.2, 0.25) is 0 Å². The lowest BCUT2D eigenvalue weighted by Gasteiger charge is -2.21. The molecule has 1 aliphatic carbocycles. The number of anilines is 1. The van der Waals surface area contributed by atoms with Gasteiger partial charge in [-0.25, -0.2) is 9.50 Å². The van der Waals surface area contributed by atoms with Crippen LogP contribution in [0.3, 0.4) is 0 Å². The van der Waals surface area contributed by atoms with Crippen LogP contribution in [0.2, 0.25) is 0 Å². The van der Waals surface area contributed by atoms with Gasteiger partial charge in [-0.15, -0.1) is 12.4 Å². The lowest BCUT2D eigenvalue weighted by atomic mass is 10.1. The summed E-state index contributed by atoms with van der Waals surface area (Å²) in [6, 6.07) is 8.13. The standard InChI is InChI=1S/C23H26N6O2.ClH/c1-23(2,30)13-31-16-5-17(22-15(6-24)9-27-29(22)10-16)14-3-4-21(26-8-14)28-11-19-18(7-25)20(19)12-28;/h3-5,8-10,18-20,30H,7,11-13,25H2,1-2H3;1H/t18?,19-,20+;. The summed E-state index contributed by atoms with van der Waals surface area (Å²) >= 11 is 0. The molecule has 32 heavy (non-hydrogen) atoms. The maximum atomic E-state index is 10.00. The molecule has 2 aliphatic rings. The van der Waals surface area contributed by atoms with Gasteiger partial charge in [0, 0.05) is 30.4 Å². The summed E-state index contributed by atoms with van der Waals surface area (Å²) in [6.07, 6.45) is 5.10. The van der Waals surface area contributed by atoms with Crippen molar-refractivity contribution in [3.8, 4) is 22.9 Å². The van der Waals surface area contributed by atoms with Crippen LogP contribution in [0.4, 0.5) is 5.82 Å². The third kappa shape index (κ3) is 3.99. The normalized spacial score (nSPS) is 21.7. The fourth-order valence-electron chi connectivity index (χ4n) is 4.66. The van der Waals surface area contributed by atoms with Crippen LogP contribution in [0.25, 0.3) is 16.6 Å². The lowest BCUT2D eigenvalue weighted by molar-refractivity contribution is 0.0283. The zero-order valence-corrected chi connectivity index (χ0v) is 18.9. The minimum absolute atomic E-state index is 0. The number of fused-ring (bicyclic) bond motifs is 2. The molecule has 3 aromatic rings. The molecular weight excluding hydrogens is 428 g/mol. The number of nitrogens with zero attached hydrogens (tertiary/aromatic N) is 5. The number of nitrogens with two attached hydrogens (primary N) is 1. The molecule has 2 fully saturated rings. The summed E-state index contributed by atoms with van der Waals surface area (Å²) in [5, 5.41) is 23.8. The van der Waals surface area contributed by atoms with Crippen LogP contribution in [0, 0.1) is 29.1 Å². The highest BCUT2D eigenvalue weighted by Gasteiger charge is 2.54. The molecule has 1 saturated heterocycles. The Hall–Kier alpha value is -2.86. The van der Waals surface area contributed by atoms with Gasteiger partial charge in [-0.05, 0) is 56.3 Å². The maximum Gasteiger partial charge on any atom is 0.138 e. The molecule has 5 rings (SSSR count). The summed E-state index contributed by atoms with van der Waals surface area (Å²) in [5.41, 5.74) is 7.75. The summed E-state index contributed by atoms with van der Waals surface area (Å²) in [4.78, 5) is 7.03. The van der Waals surface area contributed by atoms with Crippen molar-refractivity contribution in [1.82, 2.24) is 14.6 Å². The predicted octanol–water partition coefficient (Wildman–Crippen LogP) is 2.48. The highest BCUT2D eigenvalue weighted by Crippen LogP contribution is 2.51. The second kappa shape index (κ2) is 8.24. The number of piperidine rings is 1. The first-order chi connectivity index (χ1) is 14.9. The van der Waals surface area contributed by atoms with Crippen molar-refractivity contribution >= 4 is 23.7 Å². The van der Waals surface area contributed by atoms with Crippen LogP contribution in [-0.4, -0.2) is 51.5 Å². The third-order valence-electron chi connectivity index (χ3n) is 6.33. The second-order valence-electron chi connectivity index (χ2n) is 9.19. The van der Waals surface area contributed by atoms with Crippen molar-refractivity contribution < 1.29 is 9.84 Å². The topological polar surface area (TPSA) is 113 Å². The predicted molar refractivity (Wildman–Crippen MR) is 124 cm³/mol. The largest absolute Gasteiger partial charge is 0.489 e. The average Bonchev–Trinajstić information content (AvgIpc) is 3.07. The van der Waals surface area contributed by atoms with Crippen LogP contribution in [-0.2, 0) is 0 Å². The molecule has 0 spiro atoms. The Kier molecular flexibility index (Phi) is 5.76. The molecule has 1 unspecified atom stereocenters. The Bertz CT molecular complexity index is 1150. The molecule has 1 saturated carbocycles. The van der Waals surface area contributed by atoms with Gasteiger partial charge in [-0.1, -0.05) is 0 Å². The fraction of sp³-hybridized carbons (Fsp3) is 0.435. The van der Waals surface area contributed by atoms with Gasteiger partial charge in [-0.2, -0.15) is 10.4 Å². The first-order valence-corrected chi connectivity index (χ1v) is 10.6. The zero-order chi connectivity index (χ0) is 21.8. The maximum absolute atomic E-state index is 10.00. The van der Waals surface area contributed by atoms with Gasteiger partial charge in [0.25, 0.3) is 0 Å². The fourth-order valence-corrected chi connectivity index (χ4v) is 4.66. The molecule has 1 aliphatic heterocycles. The van der Waals surface area contributed by atoms with Gasteiger partial charge in [0.1, 0.15) is 24.2 Å². The number of nitriles is 1. The van der Waals surface area contributed by atoms with E-state index < -0.39 is 5.60 Å². The molecule has 3 atom stereocenters. The molecule has 0 amide bonds. The van der Waals surface area contributed by atoms with Gasteiger partial charge >= 0.3 is 0 Å². The molecule has 0 bridgehead atoms. The quantitative estimate of drug-likeness (QED) is 0.588. The average molecular weight is 455 g/mol. The van der Waals surface area contributed by atoms with Crippen molar-refractivity contribution in [2.75, 3.05) is 31.1 Å². The molecular formula is C23H27ClN6O2. The molecule has 168 valence electrons. The van der Waals surface area contributed by atoms with Crippen LogP contribution in [0.15, 0.2) is 36.8 Å². The van der Waals surface area contributed by atoms with Crippen LogP contribution < -0.4 is 15.4 Å². The molecule has 0 aromatic carbocycles. The van der Waals surface area contributed by atoms with E-state index >= 15 is 0 Å². The third-order valence-corrected chi connectivity index (χ3v) is 6.33. The van der Waals surface area contributed by atoms with E-state index in [0.717, 1.165) is 36.6 Å². The summed E-state index contributed by atoms with van der Waals surface area (Å²) in [6.45, 7) is 6.34. The van der Waals surface area contributed by atoms with E-state index in [1.54, 1.807) is 30.8 Å². The monoisotopic (exact) mass is 454 g/mol. The Morgan fingerprint density at radius 3 is 2.62 bits per heavy atom. The number of aromatic nitrogens is 3. The van der Waals surface area contributed by atoms with Crippen LogP contribution in [0.1, 0.15) is 19.4 Å². The minimum Gasteiger partial charge on any atom is -0.489 e. The van der Waals surface area contributed by atoms with Gasteiger partial charge < -0.3 is 20.5 Å². The molecule has 9 heteroatoms. The van der Waals surface area contributed by atoms with Crippen LogP contribution in [0.5, 0.6) is 5.75 Å². The van der Waals surface area contributed by atoms with E-state index in [9.17, 15) is 10.4 Å². The highest BCUT2D eigenvalue weighted by molar-refractivity contribution is 5.85. The minimum atomic E-state index is -0.959. The summed E-state index contributed by atoms with van der Waals surface area (Å²) in [5.74, 6) is 3.63. The lowest BCUT2D eigenvalue weighted by Crippen LogP contribution is -2.27. The van der Waals surface area contributed by atoms with Crippen LogP contribution >= 0.6 is 12.4 Å². The van der Waals surface area contributed by atoms with E-state index in [2.05, 4.69) is 16.1 Å². The van der Waals surface area contributed by atoms with E-state index in [-0.39, 0.29) is 19.0 Å². The summed E-state index contributed by atoms with van der Waals surface area (Å²) in [7, 11) is 0. The molecule has 3 N–H and O–H groups in total. The van der Waals surface area contributed by atoms with Gasteiger partial charge in [-0.3, -0.25) is 0 Å². The number of hydrogen-bond acceptors (Lipinski definition) is 7. The van der Waals surface area contributed by atoms with E-state index in [1.165, 1.54) is 0 Å². The van der Waals surface area contributed by atoms with Crippen molar-refractivity contribution in [2.45, 2.75) is 19.4 Å². The van der Waals surface area contributed by atoms with E-state index in [4.69, 9.17) is 15.5 Å². The van der Waals surface area contributed by atoms with E-state index in [1.807, 2.05) is 24.4 Å². The first kappa shape index (κ1) is 22.3. The zero-order valence-electron chi connectivity index (χ0n) is 18.1. The number of rotatable bonds is 6. The molecule has 0 radical (unpaired) electrons. The number of pyridine rings is 2. The Morgan fingerprint density at radius 1 is 1.28 bits per heavy atom. The smallest absolute Gasteiger partial charge is 0.138 e. The second-order valence-corrected chi connectivity index (χ2v) is 9.19. The van der Waals surface area contributed by atoms with E-state index in [0.29, 0.717) is 34.6 Å². The highest BCUT2D eigenvalue weighted by atomic mass is 35.5. The SMILES string of the molecule is CC(C)(O)COc1cc(-c2ccc(N3C[C@@H]4C(CN)[C@@H]4C3)nc2)c2c(C#N)cnn2c1.Cl. The van der Waals surface area contributed by atoms with Crippen molar-refractivity contribution in [3.05, 3.63) is 42.4 Å². The number of hydrogen-bond donors (Lipinski definition) is 2. The van der Waals surface area contributed by atoms with Gasteiger partial charge in [0.05, 0.1) is 29.1 Å². The summed E-state index contributed by atoms with van der Waals surface area (Å²) < 4.78 is 7.43. The van der Waals surface area contributed by atoms with Crippen molar-refractivity contribution in [1.29, 1.82) is 5.26 Å². The molecule has 8 nitrogen and oxygen atoms in total. The number of halogens is 1. The van der Waals surface area contributed by atoms with Crippen molar-refractivity contribution in [3.63, 3.8) is 0 Å².